The normalized spacial score (nSPS) is 13.1. The largest absolute Gasteiger partial charge is 0.480 e. The van der Waals surface area contributed by atoms with Gasteiger partial charge in [-0.2, -0.15) is 4.98 Å². The summed E-state index contributed by atoms with van der Waals surface area (Å²) in [5, 5.41) is 21.6. The lowest BCUT2D eigenvalue weighted by molar-refractivity contribution is -0.140. The average Bonchev–Trinajstić information content (AvgIpc) is 2.80. The molecule has 7 N–H and O–H groups in total. The van der Waals surface area contributed by atoms with E-state index >= 15 is 0 Å². The van der Waals surface area contributed by atoms with Gasteiger partial charge in [0.25, 0.3) is 11.5 Å². The Morgan fingerprint density at radius 1 is 1.14 bits per heavy atom. The number of amides is 1. The highest BCUT2D eigenvalue weighted by Crippen LogP contribution is 2.32. The van der Waals surface area contributed by atoms with Crippen LogP contribution in [0.3, 0.4) is 0 Å². The number of alkyl halides is 3. The highest BCUT2D eigenvalue weighted by Gasteiger charge is 2.49. The second-order valence-electron chi connectivity index (χ2n) is 7.03. The van der Waals surface area contributed by atoms with E-state index in [4.69, 9.17) is 45.6 Å². The summed E-state index contributed by atoms with van der Waals surface area (Å²) in [4.78, 5) is 61.6. The van der Waals surface area contributed by atoms with Crippen LogP contribution in [0.2, 0.25) is 0 Å². The van der Waals surface area contributed by atoms with E-state index in [2.05, 4.69) is 30.6 Å². The quantitative estimate of drug-likeness (QED) is 0.209. The fourth-order valence-corrected chi connectivity index (χ4v) is 3.32. The number of carbonyl (C=O) groups excluding carboxylic acids is 1. The van der Waals surface area contributed by atoms with Gasteiger partial charge in [0, 0.05) is 11.3 Å². The molecule has 3 aromatic rings. The number of hydrogen-bond acceptors (Lipinski definition) is 9. The van der Waals surface area contributed by atoms with Gasteiger partial charge in [0.15, 0.2) is 11.2 Å². The van der Waals surface area contributed by atoms with Gasteiger partial charge in [0.2, 0.25) is 10.3 Å². The third-order valence-corrected chi connectivity index (χ3v) is 6.18. The zero-order chi connectivity index (χ0) is 25.9. The molecule has 0 aliphatic heterocycles. The Morgan fingerprint density at radius 2 is 1.80 bits per heavy atom. The number of aromatic nitrogens is 4. The molecule has 1 amide bonds. The molecular weight excluding hydrogens is 529 g/mol. The maximum absolute atomic E-state index is 12.5. The smallest absolute Gasteiger partial charge is 0.341 e. The summed E-state index contributed by atoms with van der Waals surface area (Å²) in [7, 11) is 0. The Kier molecular flexibility index (Phi) is 7.63. The molecular formula is C19H16Cl3N7O6. The molecule has 0 aliphatic carbocycles. The van der Waals surface area contributed by atoms with Crippen LogP contribution in [0.15, 0.2) is 35.3 Å². The lowest BCUT2D eigenvalue weighted by Crippen LogP contribution is -2.54. The summed E-state index contributed by atoms with van der Waals surface area (Å²) in [6.07, 6.45) is 1.42. The number of nitrogens with zero attached hydrogens (tertiary/aromatic N) is 3. The van der Waals surface area contributed by atoms with Crippen LogP contribution in [0.5, 0.6) is 0 Å². The SMILES string of the molecule is Nc1nc2ncc(CNc3ccc(C(=O)N[C@H](C(=O)O)C(Cl)C(Cl)(Cl)C(=O)O)cc3)nc2c(=O)[nH]1. The number of nitrogens with two attached hydrogens (primary N) is 1. The number of aromatic amines is 1. The molecule has 2 heterocycles. The van der Waals surface area contributed by atoms with E-state index in [0.29, 0.717) is 11.4 Å². The summed E-state index contributed by atoms with van der Waals surface area (Å²) in [6, 6.07) is 3.92. The maximum atomic E-state index is 12.5. The zero-order valence-corrected chi connectivity index (χ0v) is 19.6. The van der Waals surface area contributed by atoms with Crippen LogP contribution in [0.1, 0.15) is 16.1 Å². The molecule has 0 saturated heterocycles. The van der Waals surface area contributed by atoms with Crippen LogP contribution in [0, 0.1) is 0 Å². The number of fused-ring (bicyclic) bond motifs is 1. The molecule has 1 aromatic carbocycles. The van der Waals surface area contributed by atoms with Crippen molar-refractivity contribution in [3.63, 3.8) is 0 Å². The van der Waals surface area contributed by atoms with E-state index in [1.165, 1.54) is 30.5 Å². The number of hydrogen-bond donors (Lipinski definition) is 6. The molecule has 0 spiro atoms. The van der Waals surface area contributed by atoms with Crippen molar-refractivity contribution in [2.45, 2.75) is 22.3 Å². The van der Waals surface area contributed by atoms with Crippen molar-refractivity contribution in [2.75, 3.05) is 11.1 Å². The van der Waals surface area contributed by atoms with Crippen LogP contribution < -0.4 is 21.9 Å². The van der Waals surface area contributed by atoms with Gasteiger partial charge < -0.3 is 26.6 Å². The van der Waals surface area contributed by atoms with Crippen LogP contribution in [0.25, 0.3) is 11.2 Å². The van der Waals surface area contributed by atoms with Crippen molar-refractivity contribution < 1.29 is 24.6 Å². The van der Waals surface area contributed by atoms with Crippen molar-refractivity contribution in [3.05, 3.63) is 52.1 Å². The minimum absolute atomic E-state index is 0.0249. The molecule has 184 valence electrons. The van der Waals surface area contributed by atoms with Crippen molar-refractivity contribution in [1.82, 2.24) is 25.3 Å². The minimum Gasteiger partial charge on any atom is -0.480 e. The van der Waals surface area contributed by atoms with Gasteiger partial charge in [-0.1, -0.05) is 23.2 Å². The topological polar surface area (TPSA) is 213 Å². The molecule has 0 aliphatic rings. The van der Waals surface area contributed by atoms with E-state index in [1.807, 2.05) is 0 Å². The van der Waals surface area contributed by atoms with Crippen LogP contribution in [-0.2, 0) is 16.1 Å². The van der Waals surface area contributed by atoms with Crippen molar-refractivity contribution in [1.29, 1.82) is 0 Å². The predicted octanol–water partition coefficient (Wildman–Crippen LogP) is 0.956. The maximum Gasteiger partial charge on any atom is 0.341 e. The summed E-state index contributed by atoms with van der Waals surface area (Å²) in [5.74, 6) is -4.32. The number of nitrogen functional groups attached to an aromatic ring is 1. The van der Waals surface area contributed by atoms with Crippen molar-refractivity contribution in [2.24, 2.45) is 0 Å². The first kappa shape index (κ1) is 25.9. The van der Waals surface area contributed by atoms with Gasteiger partial charge in [0.1, 0.15) is 11.4 Å². The van der Waals surface area contributed by atoms with E-state index in [1.54, 1.807) is 0 Å². The number of carboxylic acids is 2. The average molecular weight is 545 g/mol. The Bertz CT molecular complexity index is 1350. The zero-order valence-electron chi connectivity index (χ0n) is 17.3. The van der Waals surface area contributed by atoms with E-state index in [-0.39, 0.29) is 29.2 Å². The van der Waals surface area contributed by atoms with Crippen LogP contribution in [-0.4, -0.2) is 63.7 Å². The second-order valence-corrected chi connectivity index (χ2v) is 8.89. The number of anilines is 2. The number of rotatable bonds is 9. The lowest BCUT2D eigenvalue weighted by Gasteiger charge is -2.26. The molecule has 35 heavy (non-hydrogen) atoms. The summed E-state index contributed by atoms with van der Waals surface area (Å²) in [5.41, 5.74) is 6.11. The van der Waals surface area contributed by atoms with E-state index < -0.39 is 39.2 Å². The molecule has 3 rings (SSSR count). The highest BCUT2D eigenvalue weighted by atomic mass is 35.5. The Balaban J connectivity index is 1.67. The molecule has 13 nitrogen and oxygen atoms in total. The molecule has 0 fully saturated rings. The molecule has 0 bridgehead atoms. The van der Waals surface area contributed by atoms with Gasteiger partial charge in [-0.3, -0.25) is 14.6 Å². The number of aliphatic carboxylic acids is 2. The lowest BCUT2D eigenvalue weighted by atomic mass is 10.1. The van der Waals surface area contributed by atoms with E-state index in [0.717, 1.165) is 0 Å². The highest BCUT2D eigenvalue weighted by molar-refractivity contribution is 6.61. The third-order valence-electron chi connectivity index (χ3n) is 4.58. The summed E-state index contributed by atoms with van der Waals surface area (Å²) < 4.78 is -2.66. The predicted molar refractivity (Wildman–Crippen MR) is 127 cm³/mol. The van der Waals surface area contributed by atoms with Crippen LogP contribution >= 0.6 is 34.8 Å². The fourth-order valence-electron chi connectivity index (χ4n) is 2.80. The second kappa shape index (κ2) is 10.3. The first-order chi connectivity index (χ1) is 16.4. The number of carboxylic acid groups (broad SMARTS) is 2. The first-order valence-corrected chi connectivity index (χ1v) is 10.7. The Morgan fingerprint density at radius 3 is 2.40 bits per heavy atom. The number of benzene rings is 1. The van der Waals surface area contributed by atoms with Gasteiger partial charge in [-0.25, -0.2) is 19.6 Å². The standard InChI is InChI=1S/C19H16Cl3N7O6/c20-12(19(21,22)17(34)35)10(16(32)33)27-14(30)7-1-3-8(4-2-7)24-5-9-6-25-13-11(26-9)15(31)29-18(23)28-13/h1-4,6,10,12,24H,5H2,(H,27,30)(H,32,33)(H,34,35)(H3,23,25,28,29,31)/t10-,12?/m0/s1. The van der Waals surface area contributed by atoms with Crippen molar-refractivity contribution in [3.8, 4) is 0 Å². The Labute approximate surface area is 210 Å². The summed E-state index contributed by atoms with van der Waals surface area (Å²) >= 11 is 17.1. The van der Waals surface area contributed by atoms with Crippen molar-refractivity contribution >= 4 is 75.4 Å². The molecule has 2 aromatic heterocycles. The number of H-pyrrole nitrogens is 1. The molecule has 0 radical (unpaired) electrons. The third kappa shape index (κ3) is 5.88. The number of nitrogens with one attached hydrogen (secondary N) is 3. The van der Waals surface area contributed by atoms with Gasteiger partial charge in [-0.15, -0.1) is 11.6 Å². The van der Waals surface area contributed by atoms with Crippen LogP contribution in [0.4, 0.5) is 11.6 Å². The molecule has 1 unspecified atom stereocenters. The van der Waals surface area contributed by atoms with Gasteiger partial charge >= 0.3 is 11.9 Å². The summed E-state index contributed by atoms with van der Waals surface area (Å²) in [6.45, 7) is 0.177. The minimum atomic E-state index is -2.66. The van der Waals surface area contributed by atoms with Gasteiger partial charge in [0.05, 0.1) is 18.4 Å². The van der Waals surface area contributed by atoms with E-state index in [9.17, 15) is 24.3 Å². The number of halogens is 3. The number of carbonyl (C=O) groups is 3. The Hall–Kier alpha value is -3.68. The molecule has 16 heteroatoms. The fraction of sp³-hybridized carbons (Fsp3) is 0.211. The molecule has 0 saturated carbocycles. The molecule has 2 atom stereocenters. The first-order valence-electron chi connectivity index (χ1n) is 9.54. The monoisotopic (exact) mass is 543 g/mol. The van der Waals surface area contributed by atoms with Gasteiger partial charge in [-0.05, 0) is 24.3 Å².